The molecule has 3 heteroatoms. The maximum absolute atomic E-state index is 5.80. The quantitative estimate of drug-likeness (QED) is 0.787. The second-order valence-corrected chi connectivity index (χ2v) is 5.74. The molecule has 0 saturated carbocycles. The fraction of sp³-hybridized carbons (Fsp3) is 0.294. The van der Waals surface area contributed by atoms with E-state index in [1.807, 2.05) is 36.0 Å². The highest BCUT2D eigenvalue weighted by Crippen LogP contribution is 2.19. The zero-order chi connectivity index (χ0) is 14.2. The maximum atomic E-state index is 5.80. The van der Waals surface area contributed by atoms with Crippen molar-refractivity contribution >= 4 is 11.8 Å². The Bertz CT molecular complexity index is 542. The molecule has 0 radical (unpaired) electrons. The molecule has 0 atom stereocenters. The number of para-hydroxylation sites is 1. The molecule has 0 aliphatic carbocycles. The van der Waals surface area contributed by atoms with Crippen molar-refractivity contribution in [2.45, 2.75) is 19.2 Å². The summed E-state index contributed by atoms with van der Waals surface area (Å²) in [5.74, 6) is 2.92. The maximum Gasteiger partial charge on any atom is 0.123 e. The molecule has 0 amide bonds. The zero-order valence-electron chi connectivity index (χ0n) is 11.8. The highest BCUT2D eigenvalue weighted by Gasteiger charge is 2.01. The van der Waals surface area contributed by atoms with E-state index in [9.17, 15) is 0 Å². The smallest absolute Gasteiger partial charge is 0.123 e. The molecule has 2 nitrogen and oxygen atoms in total. The first-order chi connectivity index (χ1) is 9.81. The van der Waals surface area contributed by atoms with E-state index >= 15 is 0 Å². The molecule has 2 N–H and O–H groups in total. The van der Waals surface area contributed by atoms with Crippen molar-refractivity contribution in [3.8, 4) is 5.75 Å². The number of ether oxygens (including phenoxy) is 1. The SMILES string of the molecule is Cc1ccccc1CSCCOc1ccccc1CN. The van der Waals surface area contributed by atoms with Crippen molar-refractivity contribution in [3.63, 3.8) is 0 Å². The molecule has 2 rings (SSSR count). The Morgan fingerprint density at radius 1 is 1.00 bits per heavy atom. The molecular weight excluding hydrogens is 266 g/mol. The lowest BCUT2D eigenvalue weighted by Crippen LogP contribution is -2.05. The Morgan fingerprint density at radius 3 is 2.45 bits per heavy atom. The summed E-state index contributed by atoms with van der Waals surface area (Å²) in [7, 11) is 0. The van der Waals surface area contributed by atoms with Crippen LogP contribution in [-0.2, 0) is 12.3 Å². The molecule has 0 aromatic heterocycles. The van der Waals surface area contributed by atoms with Gasteiger partial charge in [0.15, 0.2) is 0 Å². The predicted octanol–water partition coefficient (Wildman–Crippen LogP) is 3.77. The molecule has 0 aliphatic rings. The van der Waals surface area contributed by atoms with Crippen LogP contribution in [0.25, 0.3) is 0 Å². The van der Waals surface area contributed by atoms with Gasteiger partial charge in [0.1, 0.15) is 5.75 Å². The van der Waals surface area contributed by atoms with Gasteiger partial charge in [0.2, 0.25) is 0 Å². The summed E-state index contributed by atoms with van der Waals surface area (Å²) >= 11 is 1.90. The average molecular weight is 287 g/mol. The van der Waals surface area contributed by atoms with Crippen LogP contribution < -0.4 is 10.5 Å². The van der Waals surface area contributed by atoms with Gasteiger partial charge in [-0.1, -0.05) is 42.5 Å². The van der Waals surface area contributed by atoms with Gasteiger partial charge in [-0.25, -0.2) is 0 Å². The second-order valence-electron chi connectivity index (χ2n) is 4.64. The topological polar surface area (TPSA) is 35.2 Å². The molecule has 0 unspecified atom stereocenters. The number of thioether (sulfide) groups is 1. The molecule has 20 heavy (non-hydrogen) atoms. The highest BCUT2D eigenvalue weighted by molar-refractivity contribution is 7.98. The van der Waals surface area contributed by atoms with Crippen LogP contribution in [0.1, 0.15) is 16.7 Å². The zero-order valence-corrected chi connectivity index (χ0v) is 12.7. The molecule has 0 spiro atoms. The Kier molecular flexibility index (Phi) is 5.96. The minimum Gasteiger partial charge on any atom is -0.492 e. The van der Waals surface area contributed by atoms with Gasteiger partial charge in [-0.15, -0.1) is 0 Å². The standard InChI is InChI=1S/C17H21NOS/c1-14-6-2-3-8-16(14)13-20-11-10-19-17-9-5-4-7-15(17)12-18/h2-9H,10-13,18H2,1H3. The second kappa shape index (κ2) is 7.98. The van der Waals surface area contributed by atoms with Crippen LogP contribution in [0.4, 0.5) is 0 Å². The van der Waals surface area contributed by atoms with Crippen LogP contribution in [-0.4, -0.2) is 12.4 Å². The molecule has 0 bridgehead atoms. The number of rotatable bonds is 7. The van der Waals surface area contributed by atoms with Crippen LogP contribution in [0, 0.1) is 6.92 Å². The van der Waals surface area contributed by atoms with E-state index in [1.54, 1.807) is 0 Å². The molecule has 2 aromatic carbocycles. The highest BCUT2D eigenvalue weighted by atomic mass is 32.2. The summed E-state index contributed by atoms with van der Waals surface area (Å²) in [5.41, 5.74) is 9.51. The summed E-state index contributed by atoms with van der Waals surface area (Å²) in [6, 6.07) is 16.5. The lowest BCUT2D eigenvalue weighted by atomic mass is 10.1. The van der Waals surface area contributed by atoms with E-state index in [-0.39, 0.29) is 0 Å². The largest absolute Gasteiger partial charge is 0.492 e. The Morgan fingerprint density at radius 2 is 1.70 bits per heavy atom. The molecule has 0 saturated heterocycles. The molecular formula is C17H21NOS. The summed E-state index contributed by atoms with van der Waals surface area (Å²) < 4.78 is 5.80. The third-order valence-electron chi connectivity index (χ3n) is 3.20. The Labute approximate surface area is 125 Å². The van der Waals surface area contributed by atoms with Crippen LogP contribution in [0.3, 0.4) is 0 Å². The minimum absolute atomic E-state index is 0.520. The van der Waals surface area contributed by atoms with E-state index in [1.165, 1.54) is 11.1 Å². The van der Waals surface area contributed by atoms with Gasteiger partial charge in [0.05, 0.1) is 6.61 Å². The molecule has 0 heterocycles. The van der Waals surface area contributed by atoms with Gasteiger partial charge in [-0.2, -0.15) is 11.8 Å². The van der Waals surface area contributed by atoms with Crippen LogP contribution in [0.15, 0.2) is 48.5 Å². The van der Waals surface area contributed by atoms with Crippen molar-refractivity contribution in [2.24, 2.45) is 5.73 Å². The summed E-state index contributed by atoms with van der Waals surface area (Å²) in [4.78, 5) is 0. The van der Waals surface area contributed by atoms with Crippen LogP contribution >= 0.6 is 11.8 Å². The average Bonchev–Trinajstić information content (AvgIpc) is 2.49. The summed E-state index contributed by atoms with van der Waals surface area (Å²) in [5, 5.41) is 0. The number of hydrogen-bond acceptors (Lipinski definition) is 3. The third-order valence-corrected chi connectivity index (χ3v) is 4.17. The normalized spacial score (nSPS) is 10.5. The van der Waals surface area contributed by atoms with Gasteiger partial charge in [-0.05, 0) is 24.1 Å². The lowest BCUT2D eigenvalue weighted by molar-refractivity contribution is 0.340. The van der Waals surface area contributed by atoms with Gasteiger partial charge in [0, 0.05) is 23.6 Å². The first-order valence-electron chi connectivity index (χ1n) is 6.84. The number of benzene rings is 2. The predicted molar refractivity (Wildman–Crippen MR) is 87.2 cm³/mol. The van der Waals surface area contributed by atoms with E-state index in [0.29, 0.717) is 13.2 Å². The van der Waals surface area contributed by atoms with Gasteiger partial charge in [-0.3, -0.25) is 0 Å². The van der Waals surface area contributed by atoms with E-state index in [0.717, 1.165) is 22.8 Å². The van der Waals surface area contributed by atoms with Crippen molar-refractivity contribution in [1.82, 2.24) is 0 Å². The number of aryl methyl sites for hydroxylation is 1. The van der Waals surface area contributed by atoms with Gasteiger partial charge < -0.3 is 10.5 Å². The molecule has 0 fully saturated rings. The first-order valence-corrected chi connectivity index (χ1v) is 7.99. The van der Waals surface area contributed by atoms with Crippen molar-refractivity contribution < 1.29 is 4.74 Å². The Balaban J connectivity index is 1.73. The number of nitrogens with two attached hydrogens (primary N) is 1. The van der Waals surface area contributed by atoms with Gasteiger partial charge >= 0.3 is 0 Å². The number of hydrogen-bond donors (Lipinski definition) is 1. The Hall–Kier alpha value is -1.45. The van der Waals surface area contributed by atoms with Crippen molar-refractivity contribution in [2.75, 3.05) is 12.4 Å². The van der Waals surface area contributed by atoms with Gasteiger partial charge in [0.25, 0.3) is 0 Å². The first kappa shape index (κ1) is 14.9. The van der Waals surface area contributed by atoms with Crippen LogP contribution in [0.5, 0.6) is 5.75 Å². The monoisotopic (exact) mass is 287 g/mol. The third kappa shape index (κ3) is 4.29. The lowest BCUT2D eigenvalue weighted by Gasteiger charge is -2.10. The van der Waals surface area contributed by atoms with E-state index < -0.39 is 0 Å². The van der Waals surface area contributed by atoms with E-state index in [4.69, 9.17) is 10.5 Å². The fourth-order valence-electron chi connectivity index (χ4n) is 1.98. The molecule has 0 aliphatic heterocycles. The van der Waals surface area contributed by atoms with E-state index in [2.05, 4.69) is 31.2 Å². The van der Waals surface area contributed by atoms with Crippen molar-refractivity contribution in [3.05, 3.63) is 65.2 Å². The molecule has 106 valence electrons. The summed E-state index contributed by atoms with van der Waals surface area (Å²) in [6.45, 7) is 3.39. The van der Waals surface area contributed by atoms with Crippen LogP contribution in [0.2, 0.25) is 0 Å². The van der Waals surface area contributed by atoms with Crippen molar-refractivity contribution in [1.29, 1.82) is 0 Å². The summed E-state index contributed by atoms with van der Waals surface area (Å²) in [6.07, 6.45) is 0. The fourth-order valence-corrected chi connectivity index (χ4v) is 2.87. The molecule has 2 aromatic rings. The minimum atomic E-state index is 0.520.